The summed E-state index contributed by atoms with van der Waals surface area (Å²) in [6, 6.07) is 5.03. The first-order valence-electron chi connectivity index (χ1n) is 9.34. The molecule has 9 heteroatoms. The average molecular weight is 387 g/mol. The number of methoxy groups -OCH3 is 1. The molecule has 0 bridgehead atoms. The van der Waals surface area contributed by atoms with E-state index in [0.29, 0.717) is 35.3 Å². The van der Waals surface area contributed by atoms with Gasteiger partial charge in [-0.3, -0.25) is 0 Å². The first-order chi connectivity index (χ1) is 13.6. The summed E-state index contributed by atoms with van der Waals surface area (Å²) in [5.74, 6) is 1.28. The SMILES string of the molecule is CCCCOc1ccc(C2C(C(=O)OCC)=C(C)Nc3nnnn32)cc1OC. The van der Waals surface area contributed by atoms with Crippen LogP contribution >= 0.6 is 0 Å². The van der Waals surface area contributed by atoms with Crippen molar-refractivity contribution in [3.63, 3.8) is 0 Å². The summed E-state index contributed by atoms with van der Waals surface area (Å²) < 4.78 is 18.2. The molecule has 0 amide bonds. The lowest BCUT2D eigenvalue weighted by atomic mass is 9.95. The van der Waals surface area contributed by atoms with E-state index in [1.165, 1.54) is 0 Å². The maximum absolute atomic E-state index is 12.7. The number of unbranched alkanes of at least 4 members (excludes halogenated alkanes) is 1. The Labute approximate surface area is 163 Å². The Bertz CT molecular complexity index is 877. The van der Waals surface area contributed by atoms with Crippen LogP contribution < -0.4 is 14.8 Å². The summed E-state index contributed by atoms with van der Waals surface area (Å²) in [6.45, 7) is 6.57. The highest BCUT2D eigenvalue weighted by atomic mass is 16.5. The number of hydrogen-bond donors (Lipinski definition) is 1. The quantitative estimate of drug-likeness (QED) is 0.545. The molecule has 1 aliphatic rings. The van der Waals surface area contributed by atoms with Crippen LogP contribution in [0.3, 0.4) is 0 Å². The second-order valence-electron chi connectivity index (χ2n) is 6.35. The number of anilines is 1. The number of tetrazole rings is 1. The van der Waals surface area contributed by atoms with Gasteiger partial charge >= 0.3 is 5.97 Å². The minimum atomic E-state index is -0.538. The van der Waals surface area contributed by atoms with Crippen molar-refractivity contribution in [3.05, 3.63) is 35.0 Å². The molecule has 28 heavy (non-hydrogen) atoms. The molecule has 0 spiro atoms. The van der Waals surface area contributed by atoms with E-state index in [0.717, 1.165) is 18.4 Å². The second kappa shape index (κ2) is 8.73. The molecular weight excluding hydrogens is 362 g/mol. The summed E-state index contributed by atoms with van der Waals surface area (Å²) in [5.41, 5.74) is 1.88. The zero-order chi connectivity index (χ0) is 20.1. The van der Waals surface area contributed by atoms with E-state index in [1.807, 2.05) is 18.2 Å². The maximum atomic E-state index is 12.7. The number of carbonyl (C=O) groups is 1. The van der Waals surface area contributed by atoms with Gasteiger partial charge in [-0.2, -0.15) is 4.68 Å². The molecule has 1 atom stereocenters. The third kappa shape index (κ3) is 3.78. The smallest absolute Gasteiger partial charge is 0.338 e. The molecule has 1 aromatic heterocycles. The topological polar surface area (TPSA) is 100 Å². The Kier molecular flexibility index (Phi) is 6.13. The Morgan fingerprint density at radius 2 is 2.11 bits per heavy atom. The fourth-order valence-corrected chi connectivity index (χ4v) is 3.09. The summed E-state index contributed by atoms with van der Waals surface area (Å²) >= 11 is 0. The standard InChI is InChI=1S/C19H25N5O4/c1-5-7-10-28-14-9-8-13(11-15(14)26-4)17-16(18(25)27-6-2)12(3)20-19-21-22-23-24(17)19/h8-9,11,17H,5-7,10H2,1-4H3,(H,20,21,23). The summed E-state index contributed by atoms with van der Waals surface area (Å²) in [5, 5.41) is 14.8. The van der Waals surface area contributed by atoms with Crippen molar-refractivity contribution in [2.45, 2.75) is 39.7 Å². The molecule has 1 unspecified atom stereocenters. The van der Waals surface area contributed by atoms with Crippen LogP contribution in [0, 0.1) is 0 Å². The predicted octanol–water partition coefficient (Wildman–Crippen LogP) is 2.71. The number of carbonyl (C=O) groups excluding carboxylic acids is 1. The van der Waals surface area contributed by atoms with Gasteiger partial charge in [-0.15, -0.1) is 0 Å². The molecule has 1 aliphatic heterocycles. The number of ether oxygens (including phenoxy) is 3. The third-order valence-corrected chi connectivity index (χ3v) is 4.47. The lowest BCUT2D eigenvalue weighted by Gasteiger charge is -2.27. The van der Waals surface area contributed by atoms with Gasteiger partial charge in [0.1, 0.15) is 6.04 Å². The molecule has 2 aromatic rings. The third-order valence-electron chi connectivity index (χ3n) is 4.47. The van der Waals surface area contributed by atoms with Gasteiger partial charge in [0.05, 0.1) is 25.9 Å². The van der Waals surface area contributed by atoms with Crippen molar-refractivity contribution in [2.24, 2.45) is 0 Å². The number of aromatic nitrogens is 4. The minimum absolute atomic E-state index is 0.276. The van der Waals surface area contributed by atoms with Crippen LogP contribution in [0.1, 0.15) is 45.2 Å². The molecular formula is C19H25N5O4. The zero-order valence-electron chi connectivity index (χ0n) is 16.6. The molecule has 3 rings (SSSR count). The van der Waals surface area contributed by atoms with Gasteiger partial charge in [-0.1, -0.05) is 24.5 Å². The van der Waals surface area contributed by atoms with Crippen molar-refractivity contribution in [1.82, 2.24) is 20.2 Å². The van der Waals surface area contributed by atoms with Crippen LogP contribution in [-0.2, 0) is 9.53 Å². The molecule has 2 heterocycles. The summed E-state index contributed by atoms with van der Waals surface area (Å²) in [4.78, 5) is 12.7. The van der Waals surface area contributed by atoms with Crippen molar-refractivity contribution < 1.29 is 19.0 Å². The number of esters is 1. The Hall–Kier alpha value is -3.10. The highest BCUT2D eigenvalue weighted by molar-refractivity contribution is 5.92. The Morgan fingerprint density at radius 1 is 1.29 bits per heavy atom. The average Bonchev–Trinajstić information content (AvgIpc) is 3.15. The molecule has 150 valence electrons. The van der Waals surface area contributed by atoms with Crippen LogP contribution in [0.2, 0.25) is 0 Å². The monoisotopic (exact) mass is 387 g/mol. The fourth-order valence-electron chi connectivity index (χ4n) is 3.09. The lowest BCUT2D eigenvalue weighted by molar-refractivity contribution is -0.139. The van der Waals surface area contributed by atoms with Crippen LogP contribution in [-0.4, -0.2) is 46.5 Å². The van der Waals surface area contributed by atoms with Gasteiger partial charge in [0.25, 0.3) is 0 Å². The zero-order valence-corrected chi connectivity index (χ0v) is 16.6. The first-order valence-corrected chi connectivity index (χ1v) is 9.34. The van der Waals surface area contributed by atoms with E-state index in [1.54, 1.807) is 25.6 Å². The van der Waals surface area contributed by atoms with Crippen LogP contribution in [0.15, 0.2) is 29.5 Å². The summed E-state index contributed by atoms with van der Waals surface area (Å²) in [7, 11) is 1.59. The van der Waals surface area contributed by atoms with E-state index in [4.69, 9.17) is 14.2 Å². The molecule has 0 saturated carbocycles. The van der Waals surface area contributed by atoms with Gasteiger partial charge in [0, 0.05) is 5.70 Å². The van der Waals surface area contributed by atoms with E-state index in [-0.39, 0.29) is 6.61 Å². The Morgan fingerprint density at radius 3 is 2.82 bits per heavy atom. The van der Waals surface area contributed by atoms with Crippen LogP contribution in [0.25, 0.3) is 0 Å². The van der Waals surface area contributed by atoms with E-state index >= 15 is 0 Å². The van der Waals surface area contributed by atoms with Gasteiger partial charge in [-0.05, 0) is 48.4 Å². The van der Waals surface area contributed by atoms with Gasteiger partial charge in [0.2, 0.25) is 5.95 Å². The van der Waals surface area contributed by atoms with Crippen molar-refractivity contribution in [1.29, 1.82) is 0 Å². The number of nitrogens with one attached hydrogen (secondary N) is 1. The molecule has 9 nitrogen and oxygen atoms in total. The number of allylic oxidation sites excluding steroid dienone is 1. The van der Waals surface area contributed by atoms with Crippen LogP contribution in [0.4, 0.5) is 5.95 Å². The largest absolute Gasteiger partial charge is 0.493 e. The number of fused-ring (bicyclic) bond motifs is 1. The normalized spacial score (nSPS) is 15.6. The van der Waals surface area contributed by atoms with Gasteiger partial charge in [0.15, 0.2) is 11.5 Å². The van der Waals surface area contributed by atoms with E-state index in [2.05, 4.69) is 27.8 Å². The van der Waals surface area contributed by atoms with Crippen molar-refractivity contribution in [3.8, 4) is 11.5 Å². The number of nitrogens with zero attached hydrogens (tertiary/aromatic N) is 4. The van der Waals surface area contributed by atoms with E-state index < -0.39 is 12.0 Å². The van der Waals surface area contributed by atoms with Crippen molar-refractivity contribution in [2.75, 3.05) is 25.6 Å². The van der Waals surface area contributed by atoms with Crippen molar-refractivity contribution >= 4 is 11.9 Å². The molecule has 0 saturated heterocycles. The molecule has 0 aliphatic carbocycles. The lowest BCUT2D eigenvalue weighted by Crippen LogP contribution is -2.29. The molecule has 1 N–H and O–H groups in total. The van der Waals surface area contributed by atoms with Crippen LogP contribution in [0.5, 0.6) is 11.5 Å². The molecule has 1 aromatic carbocycles. The Balaban J connectivity index is 2.02. The van der Waals surface area contributed by atoms with Gasteiger partial charge < -0.3 is 19.5 Å². The number of hydrogen-bond acceptors (Lipinski definition) is 8. The first kappa shape index (κ1) is 19.7. The highest BCUT2D eigenvalue weighted by Crippen LogP contribution is 2.38. The highest BCUT2D eigenvalue weighted by Gasteiger charge is 2.35. The van der Waals surface area contributed by atoms with E-state index in [9.17, 15) is 4.79 Å². The predicted molar refractivity (Wildman–Crippen MR) is 102 cm³/mol. The maximum Gasteiger partial charge on any atom is 0.338 e. The second-order valence-corrected chi connectivity index (χ2v) is 6.35. The minimum Gasteiger partial charge on any atom is -0.493 e. The number of rotatable bonds is 8. The molecule has 0 radical (unpaired) electrons. The fraction of sp³-hybridized carbons (Fsp3) is 0.474. The summed E-state index contributed by atoms with van der Waals surface area (Å²) in [6.07, 6.45) is 2.01. The van der Waals surface area contributed by atoms with Gasteiger partial charge in [-0.25, -0.2) is 4.79 Å². The number of benzene rings is 1. The molecule has 0 fully saturated rings.